The van der Waals surface area contributed by atoms with Crippen LogP contribution in [0.4, 0.5) is 0 Å². The number of aromatic hydroxyl groups is 1. The molecule has 2 fully saturated rings. The van der Waals surface area contributed by atoms with Gasteiger partial charge in [0.2, 0.25) is 0 Å². The summed E-state index contributed by atoms with van der Waals surface area (Å²) in [5.41, 5.74) is 8.86. The number of phenols is 1. The van der Waals surface area contributed by atoms with E-state index < -0.39 is 11.0 Å². The molecular weight excluding hydrogens is 580 g/mol. The summed E-state index contributed by atoms with van der Waals surface area (Å²) in [6.45, 7) is 2.68. The van der Waals surface area contributed by atoms with E-state index in [0.29, 0.717) is 12.4 Å². The molecule has 1 aromatic heterocycles. The normalized spacial score (nSPS) is 27.4. The van der Waals surface area contributed by atoms with E-state index in [9.17, 15) is 5.11 Å². The Balaban J connectivity index is 0.00000281. The molecule has 0 unspecified atom stereocenters. The van der Waals surface area contributed by atoms with Crippen LogP contribution in [-0.4, -0.2) is 39.7 Å². The number of ether oxygens (including phenoxy) is 2. The van der Waals surface area contributed by atoms with Gasteiger partial charge in [0, 0.05) is 35.5 Å². The molecule has 6 heteroatoms. The standard InChI is InChI=1S/C39H36N2O3.ClH/c42-32-17-16-26-20-33-39(43-23-27-10-4-5-11-28(27)25-8-2-1-3-9-25)21-30-29-12-6-7-13-31(29)40-35(30)37-38(39,34(26)36(32)44-37)18-19-41(33)22-24-14-15-24;/h1-13,16-17,24,33,37,40,42H,14-15,18-23H2;1H/t33-,37-,38-,39+;/m0./s1. The first kappa shape index (κ1) is 27.5. The number of hydrogen-bond donors (Lipinski definition) is 2. The first-order chi connectivity index (χ1) is 21.7. The zero-order valence-corrected chi connectivity index (χ0v) is 26.0. The second-order valence-corrected chi connectivity index (χ2v) is 13.8. The Kier molecular flexibility index (Phi) is 6.03. The third-order valence-electron chi connectivity index (χ3n) is 11.6. The molecule has 1 saturated carbocycles. The monoisotopic (exact) mass is 616 g/mol. The van der Waals surface area contributed by atoms with Gasteiger partial charge in [-0.15, -0.1) is 12.4 Å². The molecule has 2 aliphatic heterocycles. The number of nitrogens with one attached hydrogen (secondary N) is 1. The number of H-pyrrole nitrogens is 1. The van der Waals surface area contributed by atoms with Crippen molar-refractivity contribution in [3.8, 4) is 22.6 Å². The third kappa shape index (κ3) is 3.69. The van der Waals surface area contributed by atoms with Gasteiger partial charge in [-0.1, -0.05) is 78.9 Å². The van der Waals surface area contributed by atoms with Crippen molar-refractivity contribution in [2.24, 2.45) is 5.92 Å². The van der Waals surface area contributed by atoms with E-state index >= 15 is 0 Å². The number of benzene rings is 4. The van der Waals surface area contributed by atoms with Crippen LogP contribution < -0.4 is 4.74 Å². The smallest absolute Gasteiger partial charge is 0.166 e. The van der Waals surface area contributed by atoms with Gasteiger partial charge in [0.05, 0.1) is 17.7 Å². The van der Waals surface area contributed by atoms with E-state index in [0.717, 1.165) is 49.5 Å². The second kappa shape index (κ2) is 9.86. The minimum Gasteiger partial charge on any atom is -0.504 e. The molecule has 5 aliphatic rings. The number of piperidine rings is 1. The SMILES string of the molecule is Cl.Oc1ccc2c3c1O[C@H]1c4[nH]c5ccccc5c4C[C@@]4(OCc5ccccc5-c5ccccc5)[C@H](C2)N(CC2CC2)CC[C@]314. The van der Waals surface area contributed by atoms with Gasteiger partial charge in [-0.3, -0.25) is 4.90 Å². The van der Waals surface area contributed by atoms with Crippen LogP contribution >= 0.6 is 12.4 Å². The predicted octanol–water partition coefficient (Wildman–Crippen LogP) is 7.89. The molecule has 1 spiro atoms. The number of phenolic OH excluding ortho intramolecular Hbond substituents is 1. The maximum Gasteiger partial charge on any atom is 0.166 e. The van der Waals surface area contributed by atoms with Crippen LogP contribution in [0.15, 0.2) is 91.0 Å². The van der Waals surface area contributed by atoms with E-state index in [1.54, 1.807) is 0 Å². The number of rotatable bonds is 6. The van der Waals surface area contributed by atoms with Crippen molar-refractivity contribution < 1.29 is 14.6 Å². The summed E-state index contributed by atoms with van der Waals surface area (Å²) in [7, 11) is 0. The fraction of sp³-hybridized carbons (Fsp3) is 0.333. The van der Waals surface area contributed by atoms with Crippen molar-refractivity contribution in [3.63, 3.8) is 0 Å². The Hall–Kier alpha value is -3.77. The Morgan fingerprint density at radius 3 is 2.60 bits per heavy atom. The lowest BCUT2D eigenvalue weighted by Crippen LogP contribution is -2.75. The van der Waals surface area contributed by atoms with Gasteiger partial charge in [-0.05, 0) is 78.1 Å². The predicted molar refractivity (Wildman–Crippen MR) is 178 cm³/mol. The Bertz CT molecular complexity index is 1950. The highest BCUT2D eigenvalue weighted by Crippen LogP contribution is 2.70. The maximum absolute atomic E-state index is 11.2. The van der Waals surface area contributed by atoms with Gasteiger partial charge in [0.25, 0.3) is 0 Å². The average molecular weight is 617 g/mol. The van der Waals surface area contributed by atoms with E-state index in [1.807, 2.05) is 6.07 Å². The lowest BCUT2D eigenvalue weighted by molar-refractivity contribution is -0.210. The molecule has 3 heterocycles. The Morgan fingerprint density at radius 1 is 0.933 bits per heavy atom. The van der Waals surface area contributed by atoms with Gasteiger partial charge in [-0.25, -0.2) is 0 Å². The van der Waals surface area contributed by atoms with Crippen molar-refractivity contribution >= 4 is 23.3 Å². The molecule has 10 rings (SSSR count). The van der Waals surface area contributed by atoms with Gasteiger partial charge in [0.1, 0.15) is 5.60 Å². The van der Waals surface area contributed by atoms with Crippen molar-refractivity contribution in [2.75, 3.05) is 13.1 Å². The number of para-hydroxylation sites is 1. The minimum absolute atomic E-state index is 0. The lowest BCUT2D eigenvalue weighted by Gasteiger charge is -2.64. The molecule has 5 aromatic rings. The third-order valence-corrected chi connectivity index (χ3v) is 11.6. The van der Waals surface area contributed by atoms with Crippen LogP contribution in [-0.2, 0) is 29.6 Å². The van der Waals surface area contributed by atoms with Crippen LogP contribution in [0.25, 0.3) is 22.0 Å². The van der Waals surface area contributed by atoms with Crippen molar-refractivity contribution in [3.05, 3.63) is 119 Å². The molecule has 4 aromatic carbocycles. The summed E-state index contributed by atoms with van der Waals surface area (Å²) in [6, 6.07) is 32.3. The molecule has 3 aliphatic carbocycles. The number of aromatic amines is 1. The minimum atomic E-state index is -0.515. The van der Waals surface area contributed by atoms with Gasteiger partial charge in [0.15, 0.2) is 17.6 Å². The molecule has 1 saturated heterocycles. The second-order valence-electron chi connectivity index (χ2n) is 13.8. The molecule has 0 radical (unpaired) electrons. The van der Waals surface area contributed by atoms with Crippen LogP contribution in [0, 0.1) is 5.92 Å². The highest BCUT2D eigenvalue weighted by Gasteiger charge is 2.74. The number of nitrogens with zero attached hydrogens (tertiary/aromatic N) is 1. The number of likely N-dealkylation sites (tertiary alicyclic amines) is 1. The van der Waals surface area contributed by atoms with Gasteiger partial charge < -0.3 is 19.6 Å². The zero-order chi connectivity index (χ0) is 29.0. The zero-order valence-electron chi connectivity index (χ0n) is 25.2. The summed E-state index contributed by atoms with van der Waals surface area (Å²) in [4.78, 5) is 6.58. The number of hydrogen-bond acceptors (Lipinski definition) is 4. The molecular formula is C39H37ClN2O3. The highest BCUT2D eigenvalue weighted by atomic mass is 35.5. The fourth-order valence-electron chi connectivity index (χ4n) is 9.57. The van der Waals surface area contributed by atoms with Crippen LogP contribution in [0.1, 0.15) is 53.3 Å². The largest absolute Gasteiger partial charge is 0.504 e. The molecule has 45 heavy (non-hydrogen) atoms. The highest BCUT2D eigenvalue weighted by molar-refractivity contribution is 5.86. The number of halogens is 1. The summed E-state index contributed by atoms with van der Waals surface area (Å²) in [6.07, 6.45) is 5.10. The summed E-state index contributed by atoms with van der Waals surface area (Å²) in [5.74, 6) is 1.71. The first-order valence-corrected chi connectivity index (χ1v) is 16.3. The lowest BCUT2D eigenvalue weighted by atomic mass is 9.48. The molecule has 2 bridgehead atoms. The topological polar surface area (TPSA) is 57.7 Å². The first-order valence-electron chi connectivity index (χ1n) is 16.3. The quantitative estimate of drug-likeness (QED) is 0.204. The number of fused-ring (bicyclic) bond motifs is 4. The van der Waals surface area contributed by atoms with Crippen LogP contribution in [0.2, 0.25) is 0 Å². The van der Waals surface area contributed by atoms with Crippen LogP contribution in [0.5, 0.6) is 11.5 Å². The molecule has 228 valence electrons. The van der Waals surface area contributed by atoms with Gasteiger partial charge >= 0.3 is 0 Å². The van der Waals surface area contributed by atoms with Gasteiger partial charge in [-0.2, -0.15) is 0 Å². The fourth-order valence-corrected chi connectivity index (χ4v) is 9.57. The summed E-state index contributed by atoms with van der Waals surface area (Å²) >= 11 is 0. The molecule has 2 N–H and O–H groups in total. The van der Waals surface area contributed by atoms with Crippen molar-refractivity contribution in [1.29, 1.82) is 0 Å². The maximum atomic E-state index is 11.2. The summed E-state index contributed by atoms with van der Waals surface area (Å²) in [5, 5.41) is 12.5. The molecule has 5 nitrogen and oxygen atoms in total. The Labute approximate surface area is 269 Å². The van der Waals surface area contributed by atoms with E-state index in [1.165, 1.54) is 51.6 Å². The van der Waals surface area contributed by atoms with E-state index in [2.05, 4.69) is 94.8 Å². The Morgan fingerprint density at radius 2 is 1.73 bits per heavy atom. The number of aromatic nitrogens is 1. The van der Waals surface area contributed by atoms with E-state index in [4.69, 9.17) is 9.47 Å². The van der Waals surface area contributed by atoms with Crippen LogP contribution in [0.3, 0.4) is 0 Å². The van der Waals surface area contributed by atoms with Crippen molar-refractivity contribution in [1.82, 2.24) is 9.88 Å². The molecule has 4 atom stereocenters. The van der Waals surface area contributed by atoms with E-state index in [-0.39, 0.29) is 30.3 Å². The average Bonchev–Trinajstić information content (AvgIpc) is 3.70. The van der Waals surface area contributed by atoms with Crippen molar-refractivity contribution in [2.45, 2.75) is 61.9 Å². The summed E-state index contributed by atoms with van der Waals surface area (Å²) < 4.78 is 14.7. The molecule has 0 amide bonds.